The number of nitrogens with zero attached hydrogens (tertiary/aromatic N) is 1. The van der Waals surface area contributed by atoms with Gasteiger partial charge in [0.05, 0.1) is 18.0 Å². The first-order valence-corrected chi connectivity index (χ1v) is 11.5. The van der Waals surface area contributed by atoms with Gasteiger partial charge in [0.15, 0.2) is 0 Å². The van der Waals surface area contributed by atoms with Crippen molar-refractivity contribution in [2.75, 3.05) is 18.6 Å². The Balaban J connectivity index is 1.59. The predicted octanol–water partition coefficient (Wildman–Crippen LogP) is 3.40. The molecule has 4 rings (SSSR count). The zero-order chi connectivity index (χ0) is 21.5. The normalized spacial score (nSPS) is 20.6. The number of anilines is 1. The molecule has 0 spiro atoms. The molecular weight excluding hydrogens is 404 g/mol. The van der Waals surface area contributed by atoms with Crippen LogP contribution in [0.1, 0.15) is 44.7 Å². The highest BCUT2D eigenvalue weighted by Gasteiger charge is 2.36. The second-order valence-electron chi connectivity index (χ2n) is 8.29. The molecule has 0 radical (unpaired) electrons. The molecule has 8 heteroatoms. The highest BCUT2D eigenvalue weighted by molar-refractivity contribution is 7.89. The second-order valence-corrected chi connectivity index (χ2v) is 10.0. The zero-order valence-electron chi connectivity index (χ0n) is 17.3. The number of benzene rings is 2. The molecule has 1 N–H and O–H groups in total. The van der Waals surface area contributed by atoms with Gasteiger partial charge in [-0.2, -0.15) is 0 Å². The van der Waals surface area contributed by atoms with Crippen LogP contribution in [-0.2, 0) is 14.8 Å². The van der Waals surface area contributed by atoms with Gasteiger partial charge in [0.1, 0.15) is 17.1 Å². The van der Waals surface area contributed by atoms with Gasteiger partial charge in [0, 0.05) is 36.7 Å². The summed E-state index contributed by atoms with van der Waals surface area (Å²) in [5.41, 5.74) is 0.964. The minimum Gasteiger partial charge on any atom is -0.497 e. The molecule has 30 heavy (non-hydrogen) atoms. The van der Waals surface area contributed by atoms with E-state index >= 15 is 0 Å². The largest absolute Gasteiger partial charge is 0.497 e. The molecular formula is C22H26N2O5S. The van der Waals surface area contributed by atoms with Crippen molar-refractivity contribution in [2.45, 2.75) is 49.6 Å². The van der Waals surface area contributed by atoms with Crippen molar-refractivity contribution in [1.29, 1.82) is 0 Å². The van der Waals surface area contributed by atoms with Crippen LogP contribution in [0.25, 0.3) is 0 Å². The first kappa shape index (κ1) is 20.7. The van der Waals surface area contributed by atoms with E-state index < -0.39 is 21.7 Å². The Morgan fingerprint density at radius 1 is 1.17 bits per heavy atom. The summed E-state index contributed by atoms with van der Waals surface area (Å²) in [7, 11) is -2.18. The summed E-state index contributed by atoms with van der Waals surface area (Å²) in [5.74, 6) is 1.33. The topological polar surface area (TPSA) is 84.9 Å². The number of hydrogen-bond acceptors (Lipinski definition) is 5. The molecule has 1 atom stereocenters. The summed E-state index contributed by atoms with van der Waals surface area (Å²) in [6.07, 6.45) is 1.85. The molecule has 0 saturated carbocycles. The molecule has 0 aromatic heterocycles. The van der Waals surface area contributed by atoms with Crippen LogP contribution < -0.4 is 19.1 Å². The van der Waals surface area contributed by atoms with Gasteiger partial charge in [0.25, 0.3) is 0 Å². The number of amides is 1. The van der Waals surface area contributed by atoms with Gasteiger partial charge in [0.2, 0.25) is 15.9 Å². The fourth-order valence-electron chi connectivity index (χ4n) is 4.05. The van der Waals surface area contributed by atoms with Gasteiger partial charge in [-0.15, -0.1) is 0 Å². The third-order valence-corrected chi connectivity index (χ3v) is 7.00. The molecule has 2 aromatic carbocycles. The van der Waals surface area contributed by atoms with Crippen LogP contribution >= 0.6 is 0 Å². The van der Waals surface area contributed by atoms with E-state index in [9.17, 15) is 13.2 Å². The predicted molar refractivity (Wildman–Crippen MR) is 113 cm³/mol. The van der Waals surface area contributed by atoms with Gasteiger partial charge < -0.3 is 14.4 Å². The maximum Gasteiger partial charge on any atom is 0.241 e. The molecule has 1 fully saturated rings. The maximum atomic E-state index is 13.1. The zero-order valence-corrected chi connectivity index (χ0v) is 18.2. The highest BCUT2D eigenvalue weighted by Crippen LogP contribution is 2.41. The molecule has 160 valence electrons. The molecule has 1 unspecified atom stereocenters. The first-order chi connectivity index (χ1) is 14.2. The SMILES string of the molecule is COc1ccc2c(c1)OC(C)(C)CC2NS(=O)(=O)c1ccc(N2CCCC2=O)cc1. The third-order valence-electron chi connectivity index (χ3n) is 5.51. The molecule has 0 aliphatic carbocycles. The quantitative estimate of drug-likeness (QED) is 0.786. The van der Waals surface area contributed by atoms with E-state index in [0.717, 1.165) is 17.7 Å². The lowest BCUT2D eigenvalue weighted by Gasteiger charge is -2.37. The Morgan fingerprint density at radius 2 is 1.90 bits per heavy atom. The maximum absolute atomic E-state index is 13.1. The number of nitrogens with one attached hydrogen (secondary N) is 1. The monoisotopic (exact) mass is 430 g/mol. The van der Waals surface area contributed by atoms with Gasteiger partial charge in [-0.25, -0.2) is 13.1 Å². The van der Waals surface area contributed by atoms with E-state index in [4.69, 9.17) is 9.47 Å². The van der Waals surface area contributed by atoms with Gasteiger partial charge in [-0.3, -0.25) is 4.79 Å². The molecule has 2 heterocycles. The number of sulfonamides is 1. The second kappa shape index (κ2) is 7.59. The number of fused-ring (bicyclic) bond motifs is 1. The van der Waals surface area contributed by atoms with E-state index in [1.54, 1.807) is 48.4 Å². The Kier molecular flexibility index (Phi) is 5.23. The van der Waals surface area contributed by atoms with E-state index in [1.165, 1.54) is 0 Å². The minimum atomic E-state index is -3.76. The molecule has 2 aromatic rings. The Hall–Kier alpha value is -2.58. The summed E-state index contributed by atoms with van der Waals surface area (Å²) < 4.78 is 40.3. The van der Waals surface area contributed by atoms with Crippen LogP contribution in [0.4, 0.5) is 5.69 Å². The van der Waals surface area contributed by atoms with Gasteiger partial charge >= 0.3 is 0 Å². The van der Waals surface area contributed by atoms with Crippen molar-refractivity contribution < 1.29 is 22.7 Å². The van der Waals surface area contributed by atoms with Crippen LogP contribution in [-0.4, -0.2) is 33.6 Å². The molecule has 1 amide bonds. The van der Waals surface area contributed by atoms with Crippen LogP contribution in [0, 0.1) is 0 Å². The molecule has 0 bridgehead atoms. The smallest absolute Gasteiger partial charge is 0.241 e. The number of methoxy groups -OCH3 is 1. The van der Waals surface area contributed by atoms with Crippen LogP contribution in [0.3, 0.4) is 0 Å². The Morgan fingerprint density at radius 3 is 2.53 bits per heavy atom. The molecule has 1 saturated heterocycles. The Bertz CT molecular complexity index is 1060. The summed E-state index contributed by atoms with van der Waals surface area (Å²) >= 11 is 0. The van der Waals surface area contributed by atoms with Crippen molar-refractivity contribution in [3.8, 4) is 11.5 Å². The third kappa shape index (κ3) is 4.02. The number of ether oxygens (including phenoxy) is 2. The number of hydrogen-bond donors (Lipinski definition) is 1. The highest BCUT2D eigenvalue weighted by atomic mass is 32.2. The summed E-state index contributed by atoms with van der Waals surface area (Å²) in [5, 5.41) is 0. The van der Waals surface area contributed by atoms with Crippen molar-refractivity contribution in [2.24, 2.45) is 0 Å². The summed E-state index contributed by atoms with van der Waals surface area (Å²) in [6.45, 7) is 4.53. The average Bonchev–Trinajstić information content (AvgIpc) is 3.12. The average molecular weight is 431 g/mol. The van der Waals surface area contributed by atoms with Gasteiger partial charge in [-0.1, -0.05) is 6.07 Å². The van der Waals surface area contributed by atoms with Crippen molar-refractivity contribution >= 4 is 21.6 Å². The first-order valence-electron chi connectivity index (χ1n) is 9.98. The minimum absolute atomic E-state index is 0.0696. The summed E-state index contributed by atoms with van der Waals surface area (Å²) in [4.78, 5) is 13.8. The van der Waals surface area contributed by atoms with Gasteiger partial charge in [-0.05, 0) is 50.6 Å². The lowest BCUT2D eigenvalue weighted by atomic mass is 9.90. The fourth-order valence-corrected chi connectivity index (χ4v) is 5.26. The Labute approximate surface area is 177 Å². The van der Waals surface area contributed by atoms with Crippen LogP contribution in [0.15, 0.2) is 47.4 Å². The van der Waals surface area contributed by atoms with Crippen molar-refractivity contribution in [1.82, 2.24) is 4.72 Å². The molecule has 2 aliphatic heterocycles. The molecule has 2 aliphatic rings. The summed E-state index contributed by atoms with van der Waals surface area (Å²) in [6, 6.07) is 11.4. The lowest BCUT2D eigenvalue weighted by Crippen LogP contribution is -2.41. The standard InChI is InChI=1S/C22H26N2O5S/c1-22(2)14-19(18-11-8-16(28-3)13-20(18)29-22)23-30(26,27)17-9-6-15(7-10-17)24-12-4-5-21(24)25/h6-11,13,19,23H,4-5,12,14H2,1-3H3. The number of rotatable bonds is 5. The van der Waals surface area contributed by atoms with Crippen LogP contribution in [0.2, 0.25) is 0 Å². The fraction of sp³-hybridized carbons (Fsp3) is 0.409. The van der Waals surface area contributed by atoms with E-state index in [2.05, 4.69) is 4.72 Å². The van der Waals surface area contributed by atoms with E-state index in [0.29, 0.717) is 30.9 Å². The number of carbonyl (C=O) groups excluding carboxylic acids is 1. The van der Waals surface area contributed by atoms with Crippen molar-refractivity contribution in [3.05, 3.63) is 48.0 Å². The van der Waals surface area contributed by atoms with Crippen molar-refractivity contribution in [3.63, 3.8) is 0 Å². The lowest BCUT2D eigenvalue weighted by molar-refractivity contribution is -0.117. The van der Waals surface area contributed by atoms with E-state index in [-0.39, 0.29) is 10.8 Å². The van der Waals surface area contributed by atoms with E-state index in [1.807, 2.05) is 19.9 Å². The molecule has 7 nitrogen and oxygen atoms in total. The number of carbonyl (C=O) groups is 1. The van der Waals surface area contributed by atoms with Crippen LogP contribution in [0.5, 0.6) is 11.5 Å².